The van der Waals surface area contributed by atoms with E-state index < -0.39 is 11.9 Å². The fourth-order valence-electron chi connectivity index (χ4n) is 1.35. The van der Waals surface area contributed by atoms with Crippen LogP contribution in [0.5, 0.6) is 0 Å². The first-order chi connectivity index (χ1) is 8.15. The normalized spacial score (nSPS) is 10.8. The second kappa shape index (κ2) is 4.48. The molecule has 0 spiro atoms. The van der Waals surface area contributed by atoms with Crippen LogP contribution in [0.25, 0.3) is 10.9 Å². The van der Waals surface area contributed by atoms with Crippen LogP contribution >= 0.6 is 0 Å². The molecule has 0 radical (unpaired) electrons. The van der Waals surface area contributed by atoms with E-state index in [4.69, 9.17) is 5.11 Å². The van der Waals surface area contributed by atoms with Gasteiger partial charge in [-0.3, -0.25) is 9.89 Å². The molecule has 0 aliphatic rings. The number of H-pyrrole nitrogens is 1. The molecule has 6 nitrogen and oxygen atoms in total. The van der Waals surface area contributed by atoms with Gasteiger partial charge in [-0.1, -0.05) is 0 Å². The monoisotopic (exact) mass is 231 g/mol. The summed E-state index contributed by atoms with van der Waals surface area (Å²) in [6, 6.07) is 5.22. The Morgan fingerprint density at radius 3 is 2.94 bits per heavy atom. The highest BCUT2D eigenvalue weighted by Gasteiger charge is 2.01. The number of benzene rings is 1. The minimum atomic E-state index is -1.16. The Balaban J connectivity index is 2.12. The van der Waals surface area contributed by atoms with Crippen molar-refractivity contribution >= 4 is 28.5 Å². The van der Waals surface area contributed by atoms with Crippen molar-refractivity contribution in [2.45, 2.75) is 0 Å². The summed E-state index contributed by atoms with van der Waals surface area (Å²) in [5.41, 5.74) is 1.45. The van der Waals surface area contributed by atoms with Crippen molar-refractivity contribution < 1.29 is 14.7 Å². The van der Waals surface area contributed by atoms with E-state index in [1.807, 2.05) is 0 Å². The third-order valence-electron chi connectivity index (χ3n) is 2.09. The van der Waals surface area contributed by atoms with E-state index in [2.05, 4.69) is 15.5 Å². The molecule has 0 atom stereocenters. The van der Waals surface area contributed by atoms with E-state index in [0.717, 1.165) is 23.1 Å². The predicted molar refractivity (Wildman–Crippen MR) is 61.5 cm³/mol. The summed E-state index contributed by atoms with van der Waals surface area (Å²) in [7, 11) is 0. The first kappa shape index (κ1) is 10.9. The van der Waals surface area contributed by atoms with Gasteiger partial charge in [-0.25, -0.2) is 4.79 Å². The van der Waals surface area contributed by atoms with Crippen molar-refractivity contribution in [1.29, 1.82) is 0 Å². The Morgan fingerprint density at radius 2 is 2.18 bits per heavy atom. The maximum absolute atomic E-state index is 11.3. The number of carboxylic acids is 1. The number of fused-ring (bicyclic) bond motifs is 1. The molecule has 0 saturated carbocycles. The molecular formula is C11H9N3O3. The molecule has 1 heterocycles. The van der Waals surface area contributed by atoms with Crippen LogP contribution in [-0.2, 0) is 9.59 Å². The lowest BCUT2D eigenvalue weighted by atomic mass is 10.2. The number of aromatic nitrogens is 2. The maximum atomic E-state index is 11.3. The van der Waals surface area contributed by atoms with Gasteiger partial charge in [0.25, 0.3) is 0 Å². The van der Waals surface area contributed by atoms with E-state index in [1.54, 1.807) is 24.4 Å². The third-order valence-corrected chi connectivity index (χ3v) is 2.09. The topological polar surface area (TPSA) is 95.1 Å². The summed E-state index contributed by atoms with van der Waals surface area (Å²) in [5, 5.41) is 18.4. The molecule has 1 amide bonds. The Hall–Kier alpha value is -2.63. The van der Waals surface area contributed by atoms with Crippen molar-refractivity contribution in [2.24, 2.45) is 0 Å². The van der Waals surface area contributed by atoms with Crippen molar-refractivity contribution in [3.63, 3.8) is 0 Å². The van der Waals surface area contributed by atoms with E-state index >= 15 is 0 Å². The van der Waals surface area contributed by atoms with Gasteiger partial charge in [0.05, 0.1) is 11.7 Å². The number of nitrogens with zero attached hydrogens (tertiary/aromatic N) is 1. The summed E-state index contributed by atoms with van der Waals surface area (Å²) in [4.78, 5) is 21.5. The molecule has 3 N–H and O–H groups in total. The lowest BCUT2D eigenvalue weighted by molar-refractivity contribution is -0.131. The second-order valence-electron chi connectivity index (χ2n) is 3.33. The third kappa shape index (κ3) is 2.69. The minimum Gasteiger partial charge on any atom is -0.478 e. The van der Waals surface area contributed by atoms with Gasteiger partial charge >= 0.3 is 5.97 Å². The minimum absolute atomic E-state index is 0.491. The van der Waals surface area contributed by atoms with Gasteiger partial charge in [0, 0.05) is 23.2 Å². The number of carboxylic acid groups (broad SMARTS) is 1. The number of nitrogens with one attached hydrogen (secondary N) is 2. The van der Waals surface area contributed by atoms with Crippen LogP contribution in [0.1, 0.15) is 0 Å². The molecule has 0 bridgehead atoms. The summed E-state index contributed by atoms with van der Waals surface area (Å²) < 4.78 is 0. The van der Waals surface area contributed by atoms with Crippen molar-refractivity contribution in [2.75, 3.05) is 5.32 Å². The Morgan fingerprint density at radius 1 is 1.35 bits per heavy atom. The summed E-state index contributed by atoms with van der Waals surface area (Å²) in [6.45, 7) is 0. The molecule has 1 aromatic carbocycles. The largest absolute Gasteiger partial charge is 0.478 e. The SMILES string of the molecule is O=C(O)/C=C/C(=O)Nc1ccc2[nH]ncc2c1. The molecule has 0 aliphatic heterocycles. The Bertz CT molecular complexity index is 601. The fraction of sp³-hybridized carbons (Fsp3) is 0. The molecular weight excluding hydrogens is 222 g/mol. The number of amides is 1. The molecule has 0 saturated heterocycles. The van der Waals surface area contributed by atoms with Crippen LogP contribution in [-0.4, -0.2) is 27.2 Å². The maximum Gasteiger partial charge on any atom is 0.328 e. The summed E-state index contributed by atoms with van der Waals surface area (Å²) in [5.74, 6) is -1.65. The quantitative estimate of drug-likeness (QED) is 0.690. The molecule has 2 rings (SSSR count). The highest BCUT2D eigenvalue weighted by Crippen LogP contribution is 2.16. The number of carbonyl (C=O) groups is 2. The van der Waals surface area contributed by atoms with Gasteiger partial charge in [0.2, 0.25) is 5.91 Å². The van der Waals surface area contributed by atoms with Gasteiger partial charge < -0.3 is 10.4 Å². The van der Waals surface area contributed by atoms with Crippen LogP contribution in [0.3, 0.4) is 0 Å². The van der Waals surface area contributed by atoms with Crippen LogP contribution < -0.4 is 5.32 Å². The van der Waals surface area contributed by atoms with E-state index in [-0.39, 0.29) is 0 Å². The van der Waals surface area contributed by atoms with Gasteiger partial charge in [-0.2, -0.15) is 5.10 Å². The lowest BCUT2D eigenvalue weighted by Gasteiger charge is -2.01. The van der Waals surface area contributed by atoms with Gasteiger partial charge in [0.15, 0.2) is 0 Å². The zero-order valence-corrected chi connectivity index (χ0v) is 8.68. The molecule has 86 valence electrons. The number of carbonyl (C=O) groups excluding carboxylic acids is 1. The Kier molecular flexibility index (Phi) is 2.87. The number of rotatable bonds is 3. The summed E-state index contributed by atoms with van der Waals surface area (Å²) in [6.07, 6.45) is 3.38. The first-order valence-electron chi connectivity index (χ1n) is 4.80. The van der Waals surface area contributed by atoms with Crippen molar-refractivity contribution in [1.82, 2.24) is 10.2 Å². The highest BCUT2D eigenvalue weighted by molar-refractivity contribution is 6.03. The van der Waals surface area contributed by atoms with Crippen LogP contribution in [0, 0.1) is 0 Å². The van der Waals surface area contributed by atoms with Crippen molar-refractivity contribution in [3.05, 3.63) is 36.5 Å². The number of aromatic amines is 1. The molecule has 1 aromatic heterocycles. The smallest absolute Gasteiger partial charge is 0.328 e. The number of hydrogen-bond acceptors (Lipinski definition) is 3. The molecule has 0 fully saturated rings. The molecule has 6 heteroatoms. The zero-order valence-electron chi connectivity index (χ0n) is 8.68. The molecule has 2 aromatic rings. The summed E-state index contributed by atoms with van der Waals surface area (Å²) >= 11 is 0. The van der Waals surface area contributed by atoms with Crippen LogP contribution in [0.2, 0.25) is 0 Å². The Labute approximate surface area is 95.9 Å². The van der Waals surface area contributed by atoms with Gasteiger partial charge in [0.1, 0.15) is 0 Å². The van der Waals surface area contributed by atoms with Gasteiger partial charge in [-0.15, -0.1) is 0 Å². The molecule has 0 unspecified atom stereocenters. The zero-order chi connectivity index (χ0) is 12.3. The van der Waals surface area contributed by atoms with Crippen LogP contribution in [0.4, 0.5) is 5.69 Å². The molecule has 17 heavy (non-hydrogen) atoms. The van der Waals surface area contributed by atoms with E-state index in [9.17, 15) is 9.59 Å². The van der Waals surface area contributed by atoms with Crippen molar-refractivity contribution in [3.8, 4) is 0 Å². The fourth-order valence-corrected chi connectivity index (χ4v) is 1.35. The van der Waals surface area contributed by atoms with Crippen LogP contribution in [0.15, 0.2) is 36.5 Å². The number of aliphatic carboxylic acids is 1. The predicted octanol–water partition coefficient (Wildman–Crippen LogP) is 1.14. The highest BCUT2D eigenvalue weighted by atomic mass is 16.4. The lowest BCUT2D eigenvalue weighted by Crippen LogP contribution is -2.08. The van der Waals surface area contributed by atoms with E-state index in [1.165, 1.54) is 0 Å². The number of anilines is 1. The first-order valence-corrected chi connectivity index (χ1v) is 4.80. The van der Waals surface area contributed by atoms with E-state index in [0.29, 0.717) is 5.69 Å². The average molecular weight is 231 g/mol. The standard InChI is InChI=1S/C11H9N3O3/c15-10(3-4-11(16)17)13-8-1-2-9-7(5-8)6-12-14-9/h1-6H,(H,12,14)(H,13,15)(H,16,17)/b4-3+. The van der Waals surface area contributed by atoms with Gasteiger partial charge in [-0.05, 0) is 18.2 Å². The molecule has 0 aliphatic carbocycles. The second-order valence-corrected chi connectivity index (χ2v) is 3.33. The average Bonchev–Trinajstić information content (AvgIpc) is 2.73. The number of hydrogen-bond donors (Lipinski definition) is 3.